The maximum atomic E-state index is 13.0. The summed E-state index contributed by atoms with van der Waals surface area (Å²) >= 11 is 0. The highest BCUT2D eigenvalue weighted by Crippen LogP contribution is 2.24. The number of hydrogen-bond donors (Lipinski definition) is 1. The van der Waals surface area contributed by atoms with Gasteiger partial charge < -0.3 is 14.7 Å². The van der Waals surface area contributed by atoms with Crippen molar-refractivity contribution in [3.8, 4) is 11.4 Å². The third-order valence-electron chi connectivity index (χ3n) is 4.88. The first kappa shape index (κ1) is 19.8. The second-order valence-corrected chi connectivity index (χ2v) is 7.12. The fourth-order valence-electron chi connectivity index (χ4n) is 3.37. The zero-order valence-corrected chi connectivity index (χ0v) is 16.3. The molecule has 1 aromatic heterocycles. The number of aryl methyl sites for hydroxylation is 1. The number of carbonyl (C=O) groups excluding carboxylic acids is 2. The summed E-state index contributed by atoms with van der Waals surface area (Å²) in [5, 5.41) is 6.76. The number of nitrogens with zero attached hydrogens (tertiary/aromatic N) is 3. The Morgan fingerprint density at radius 3 is 2.80 bits per heavy atom. The SMILES string of the molecule is O=C(CCCc1nc(-c2ccc(F)cc2)no1)Nc1cccc(N2CCCC2=O)c1. The van der Waals surface area contributed by atoms with Crippen LogP contribution < -0.4 is 10.2 Å². The van der Waals surface area contributed by atoms with Crippen LogP contribution in [0.25, 0.3) is 11.4 Å². The lowest BCUT2D eigenvalue weighted by molar-refractivity contribution is -0.117. The van der Waals surface area contributed by atoms with Crippen molar-refractivity contribution in [1.82, 2.24) is 10.1 Å². The highest BCUT2D eigenvalue weighted by molar-refractivity contribution is 5.97. The van der Waals surface area contributed by atoms with Gasteiger partial charge in [-0.1, -0.05) is 11.2 Å². The summed E-state index contributed by atoms with van der Waals surface area (Å²) in [7, 11) is 0. The summed E-state index contributed by atoms with van der Waals surface area (Å²) in [4.78, 5) is 30.2. The molecule has 0 bridgehead atoms. The number of halogens is 1. The maximum absolute atomic E-state index is 13.0. The lowest BCUT2D eigenvalue weighted by atomic mass is 10.2. The lowest BCUT2D eigenvalue weighted by Gasteiger charge is -2.16. The van der Waals surface area contributed by atoms with Gasteiger partial charge in [-0.15, -0.1) is 0 Å². The van der Waals surface area contributed by atoms with E-state index in [9.17, 15) is 14.0 Å². The van der Waals surface area contributed by atoms with E-state index in [1.807, 2.05) is 18.2 Å². The van der Waals surface area contributed by atoms with Gasteiger partial charge in [0.25, 0.3) is 0 Å². The maximum Gasteiger partial charge on any atom is 0.227 e. The number of rotatable bonds is 7. The van der Waals surface area contributed by atoms with Crippen LogP contribution in [-0.2, 0) is 16.0 Å². The average molecular weight is 408 g/mol. The Kier molecular flexibility index (Phi) is 5.83. The Hall–Kier alpha value is -3.55. The van der Waals surface area contributed by atoms with Gasteiger partial charge in [-0.25, -0.2) is 4.39 Å². The van der Waals surface area contributed by atoms with Crippen molar-refractivity contribution in [3.63, 3.8) is 0 Å². The van der Waals surface area contributed by atoms with E-state index in [0.717, 1.165) is 12.1 Å². The van der Waals surface area contributed by atoms with Gasteiger partial charge in [0.2, 0.25) is 23.5 Å². The van der Waals surface area contributed by atoms with Crippen LogP contribution in [0.5, 0.6) is 0 Å². The smallest absolute Gasteiger partial charge is 0.227 e. The van der Waals surface area contributed by atoms with Crippen LogP contribution in [0.15, 0.2) is 53.1 Å². The number of benzene rings is 2. The molecule has 2 amide bonds. The third kappa shape index (κ3) is 4.71. The minimum atomic E-state index is -0.328. The summed E-state index contributed by atoms with van der Waals surface area (Å²) in [5.41, 5.74) is 2.13. The van der Waals surface area contributed by atoms with E-state index < -0.39 is 0 Å². The Morgan fingerprint density at radius 2 is 2.03 bits per heavy atom. The number of amides is 2. The number of anilines is 2. The van der Waals surface area contributed by atoms with Crippen LogP contribution in [0.2, 0.25) is 0 Å². The normalized spacial score (nSPS) is 13.6. The predicted molar refractivity (Wildman–Crippen MR) is 109 cm³/mol. The predicted octanol–water partition coefficient (Wildman–Crippen LogP) is 3.96. The van der Waals surface area contributed by atoms with Crippen molar-refractivity contribution in [2.45, 2.75) is 32.1 Å². The van der Waals surface area contributed by atoms with Crippen LogP contribution in [0.4, 0.5) is 15.8 Å². The van der Waals surface area contributed by atoms with Crippen molar-refractivity contribution in [1.29, 1.82) is 0 Å². The molecule has 0 unspecified atom stereocenters. The Morgan fingerprint density at radius 1 is 1.20 bits per heavy atom. The van der Waals surface area contributed by atoms with E-state index in [2.05, 4.69) is 15.5 Å². The van der Waals surface area contributed by atoms with E-state index in [1.54, 1.807) is 23.1 Å². The lowest BCUT2D eigenvalue weighted by Crippen LogP contribution is -2.23. The van der Waals surface area contributed by atoms with Crippen molar-refractivity contribution < 1.29 is 18.5 Å². The number of carbonyl (C=O) groups is 2. The number of nitrogens with one attached hydrogen (secondary N) is 1. The van der Waals surface area contributed by atoms with E-state index in [0.29, 0.717) is 55.2 Å². The van der Waals surface area contributed by atoms with Gasteiger partial charge in [0.15, 0.2) is 0 Å². The fourth-order valence-corrected chi connectivity index (χ4v) is 3.37. The molecule has 3 aromatic rings. The second-order valence-electron chi connectivity index (χ2n) is 7.12. The molecule has 1 aliphatic heterocycles. The molecule has 4 rings (SSSR count). The highest BCUT2D eigenvalue weighted by atomic mass is 19.1. The van der Waals surface area contributed by atoms with E-state index in [4.69, 9.17) is 4.52 Å². The van der Waals surface area contributed by atoms with Crippen molar-refractivity contribution in [2.75, 3.05) is 16.8 Å². The average Bonchev–Trinajstić information content (AvgIpc) is 3.38. The molecule has 0 spiro atoms. The molecule has 2 heterocycles. The molecule has 2 aromatic carbocycles. The molecule has 0 saturated carbocycles. The Labute approximate surface area is 172 Å². The molecular weight excluding hydrogens is 387 g/mol. The molecule has 0 radical (unpaired) electrons. The zero-order chi connectivity index (χ0) is 20.9. The minimum absolute atomic E-state index is 0.109. The molecule has 7 nitrogen and oxygen atoms in total. The molecule has 1 N–H and O–H groups in total. The fraction of sp³-hybridized carbons (Fsp3) is 0.273. The van der Waals surface area contributed by atoms with E-state index >= 15 is 0 Å². The van der Waals surface area contributed by atoms with Gasteiger partial charge >= 0.3 is 0 Å². The molecular formula is C22H21FN4O3. The number of aromatic nitrogens is 2. The Balaban J connectivity index is 1.27. The highest BCUT2D eigenvalue weighted by Gasteiger charge is 2.21. The zero-order valence-electron chi connectivity index (χ0n) is 16.3. The van der Waals surface area contributed by atoms with Gasteiger partial charge in [-0.05, 0) is 55.3 Å². The van der Waals surface area contributed by atoms with Crippen LogP contribution >= 0.6 is 0 Å². The molecule has 0 atom stereocenters. The second kappa shape index (κ2) is 8.86. The van der Waals surface area contributed by atoms with Gasteiger partial charge in [-0.2, -0.15) is 4.98 Å². The van der Waals surface area contributed by atoms with E-state index in [1.165, 1.54) is 12.1 Å². The summed E-state index contributed by atoms with van der Waals surface area (Å²) in [6.45, 7) is 0.709. The molecule has 8 heteroatoms. The standard InChI is InChI=1S/C22H21FN4O3/c23-16-11-9-15(10-12-16)22-25-20(30-26-22)7-2-6-19(28)24-17-4-1-5-18(14-17)27-13-3-8-21(27)29/h1,4-5,9-12,14H,2-3,6-8,13H2,(H,24,28). The van der Waals surface area contributed by atoms with Gasteiger partial charge in [0.05, 0.1) is 0 Å². The quantitative estimate of drug-likeness (QED) is 0.639. The molecule has 1 fully saturated rings. The summed E-state index contributed by atoms with van der Waals surface area (Å²) < 4.78 is 18.2. The molecule has 1 saturated heterocycles. The molecule has 1 aliphatic rings. The summed E-state index contributed by atoms with van der Waals surface area (Å²) in [6, 6.07) is 13.2. The molecule has 154 valence electrons. The van der Waals surface area contributed by atoms with Crippen molar-refractivity contribution >= 4 is 23.2 Å². The minimum Gasteiger partial charge on any atom is -0.339 e. The van der Waals surface area contributed by atoms with Crippen LogP contribution in [-0.4, -0.2) is 28.5 Å². The first-order valence-corrected chi connectivity index (χ1v) is 9.87. The van der Waals surface area contributed by atoms with Gasteiger partial charge in [-0.3, -0.25) is 9.59 Å². The molecule has 0 aliphatic carbocycles. The topological polar surface area (TPSA) is 88.3 Å². The largest absolute Gasteiger partial charge is 0.339 e. The van der Waals surface area contributed by atoms with Crippen molar-refractivity contribution in [3.05, 3.63) is 60.2 Å². The van der Waals surface area contributed by atoms with Crippen LogP contribution in [0, 0.1) is 5.82 Å². The van der Waals surface area contributed by atoms with E-state index in [-0.39, 0.29) is 17.6 Å². The summed E-state index contributed by atoms with van der Waals surface area (Å²) in [5.74, 6) is 0.474. The number of hydrogen-bond acceptors (Lipinski definition) is 5. The monoisotopic (exact) mass is 408 g/mol. The van der Waals surface area contributed by atoms with Gasteiger partial charge in [0.1, 0.15) is 5.82 Å². The van der Waals surface area contributed by atoms with Crippen molar-refractivity contribution in [2.24, 2.45) is 0 Å². The third-order valence-corrected chi connectivity index (χ3v) is 4.88. The first-order valence-electron chi connectivity index (χ1n) is 9.87. The first-order chi connectivity index (χ1) is 14.6. The van der Waals surface area contributed by atoms with Crippen LogP contribution in [0.1, 0.15) is 31.6 Å². The Bertz CT molecular complexity index is 1050. The van der Waals surface area contributed by atoms with Crippen LogP contribution in [0.3, 0.4) is 0 Å². The molecule has 30 heavy (non-hydrogen) atoms. The summed E-state index contributed by atoms with van der Waals surface area (Å²) in [6.07, 6.45) is 2.72. The van der Waals surface area contributed by atoms with Gasteiger partial charge in [0, 0.05) is 42.7 Å².